The summed E-state index contributed by atoms with van der Waals surface area (Å²) in [5, 5.41) is 0. The lowest BCUT2D eigenvalue weighted by Crippen LogP contribution is -2.24. The summed E-state index contributed by atoms with van der Waals surface area (Å²) >= 11 is 0. The third-order valence-corrected chi connectivity index (χ3v) is 1.98. The summed E-state index contributed by atoms with van der Waals surface area (Å²) in [4.78, 5) is 21.8. The molecule has 0 unspecified atom stereocenters. The average Bonchev–Trinajstić information content (AvgIpc) is 1.97. The quantitative estimate of drug-likeness (QED) is 0.504. The van der Waals surface area contributed by atoms with Crippen LogP contribution in [0.3, 0.4) is 0 Å². The molecule has 0 saturated heterocycles. The summed E-state index contributed by atoms with van der Waals surface area (Å²) in [7, 11) is 0. The van der Waals surface area contributed by atoms with Crippen molar-refractivity contribution in [2.45, 2.75) is 47.5 Å². The Kier molecular flexibility index (Phi) is 5.55. The van der Waals surface area contributed by atoms with Gasteiger partial charge in [-0.2, -0.15) is 0 Å². The molecule has 15 heavy (non-hydrogen) atoms. The van der Waals surface area contributed by atoms with Gasteiger partial charge in [0.15, 0.2) is 0 Å². The highest BCUT2D eigenvalue weighted by Gasteiger charge is 2.21. The number of carbonyl (C=O) groups excluding carboxylic acids is 2. The Balaban J connectivity index is 3.92. The van der Waals surface area contributed by atoms with E-state index in [1.165, 1.54) is 6.92 Å². The number of carbonyl (C=O) groups is 2. The molecule has 0 amide bonds. The molecule has 0 fully saturated rings. The van der Waals surface area contributed by atoms with Crippen LogP contribution in [0.15, 0.2) is 0 Å². The summed E-state index contributed by atoms with van der Waals surface area (Å²) < 4.78 is 5.06. The summed E-state index contributed by atoms with van der Waals surface area (Å²) in [5.41, 5.74) is -0.0133. The van der Waals surface area contributed by atoms with Crippen LogP contribution in [0.2, 0.25) is 0 Å². The minimum Gasteiger partial charge on any atom is -0.465 e. The molecule has 0 N–H and O–H groups in total. The predicted octanol–water partition coefficient (Wildman–Crippen LogP) is 2.58. The van der Waals surface area contributed by atoms with Gasteiger partial charge in [-0.15, -0.1) is 0 Å². The standard InChI is InChI=1S/C12H22O3/c1-9(2)7-12(4,5)8-15-11(14)6-10(3)13/h9H,6-8H2,1-5H3. The zero-order valence-electron chi connectivity index (χ0n) is 10.4. The zero-order chi connectivity index (χ0) is 12.1. The van der Waals surface area contributed by atoms with Crippen LogP contribution in [0.25, 0.3) is 0 Å². The molecule has 0 rings (SSSR count). The van der Waals surface area contributed by atoms with Gasteiger partial charge in [-0.25, -0.2) is 0 Å². The first-order valence-electron chi connectivity index (χ1n) is 5.38. The molecule has 0 aliphatic rings. The van der Waals surface area contributed by atoms with Crippen molar-refractivity contribution >= 4 is 11.8 Å². The number of ether oxygens (including phenoxy) is 1. The first kappa shape index (κ1) is 14.1. The van der Waals surface area contributed by atoms with E-state index in [2.05, 4.69) is 27.7 Å². The van der Waals surface area contributed by atoms with Gasteiger partial charge < -0.3 is 4.74 Å². The van der Waals surface area contributed by atoms with Crippen LogP contribution in [-0.4, -0.2) is 18.4 Å². The number of Topliss-reactive ketones (excluding diaryl/α,β-unsaturated/α-hetero) is 1. The molecule has 0 bridgehead atoms. The van der Waals surface area contributed by atoms with Gasteiger partial charge in [0, 0.05) is 0 Å². The molecule has 0 aliphatic carbocycles. The molecule has 0 atom stereocenters. The maximum Gasteiger partial charge on any atom is 0.313 e. The van der Waals surface area contributed by atoms with Crippen LogP contribution in [0.4, 0.5) is 0 Å². The largest absolute Gasteiger partial charge is 0.465 e. The van der Waals surface area contributed by atoms with Crippen LogP contribution in [0.1, 0.15) is 47.5 Å². The highest BCUT2D eigenvalue weighted by molar-refractivity contribution is 5.94. The monoisotopic (exact) mass is 214 g/mol. The Morgan fingerprint density at radius 1 is 1.27 bits per heavy atom. The highest BCUT2D eigenvalue weighted by atomic mass is 16.5. The molecule has 0 aliphatic heterocycles. The van der Waals surface area contributed by atoms with Gasteiger partial charge in [-0.3, -0.25) is 9.59 Å². The van der Waals surface area contributed by atoms with Crippen molar-refractivity contribution in [2.24, 2.45) is 11.3 Å². The molecule has 0 heterocycles. The van der Waals surface area contributed by atoms with Crippen LogP contribution >= 0.6 is 0 Å². The topological polar surface area (TPSA) is 43.4 Å². The van der Waals surface area contributed by atoms with E-state index >= 15 is 0 Å². The Morgan fingerprint density at radius 3 is 2.20 bits per heavy atom. The normalized spacial score (nSPS) is 11.6. The molecular weight excluding hydrogens is 192 g/mol. The smallest absolute Gasteiger partial charge is 0.313 e. The summed E-state index contributed by atoms with van der Waals surface area (Å²) in [6.45, 7) is 10.2. The van der Waals surface area contributed by atoms with Gasteiger partial charge in [0.05, 0.1) is 6.61 Å². The number of ketones is 1. The van der Waals surface area contributed by atoms with Crippen LogP contribution < -0.4 is 0 Å². The SMILES string of the molecule is CC(=O)CC(=O)OCC(C)(C)CC(C)C. The molecule has 3 heteroatoms. The summed E-state index contributed by atoms with van der Waals surface area (Å²) in [5.74, 6) is 0.00695. The van der Waals surface area contributed by atoms with Gasteiger partial charge in [-0.1, -0.05) is 27.7 Å². The average molecular weight is 214 g/mol. The third kappa shape index (κ3) is 8.16. The van der Waals surface area contributed by atoms with Crippen LogP contribution in [-0.2, 0) is 14.3 Å². The molecule has 3 nitrogen and oxygen atoms in total. The van der Waals surface area contributed by atoms with Crippen molar-refractivity contribution in [3.63, 3.8) is 0 Å². The van der Waals surface area contributed by atoms with Crippen molar-refractivity contribution in [2.75, 3.05) is 6.61 Å². The first-order valence-corrected chi connectivity index (χ1v) is 5.38. The molecule has 0 aromatic rings. The van der Waals surface area contributed by atoms with Crippen molar-refractivity contribution < 1.29 is 14.3 Å². The lowest BCUT2D eigenvalue weighted by atomic mass is 9.85. The summed E-state index contributed by atoms with van der Waals surface area (Å²) in [6.07, 6.45) is 0.887. The fraction of sp³-hybridized carbons (Fsp3) is 0.833. The van der Waals surface area contributed by atoms with E-state index in [-0.39, 0.29) is 17.6 Å². The molecule has 88 valence electrons. The Hall–Kier alpha value is -0.860. The van der Waals surface area contributed by atoms with E-state index in [9.17, 15) is 9.59 Å². The fourth-order valence-corrected chi connectivity index (χ4v) is 1.69. The number of rotatable bonds is 6. The number of hydrogen-bond donors (Lipinski definition) is 0. The van der Waals surface area contributed by atoms with Crippen LogP contribution in [0.5, 0.6) is 0 Å². The van der Waals surface area contributed by atoms with Gasteiger partial charge in [0.1, 0.15) is 12.2 Å². The summed E-state index contributed by atoms with van der Waals surface area (Å²) in [6, 6.07) is 0. The van der Waals surface area contributed by atoms with E-state index in [0.29, 0.717) is 12.5 Å². The molecule has 0 saturated carbocycles. The lowest BCUT2D eigenvalue weighted by Gasteiger charge is -2.25. The van der Waals surface area contributed by atoms with E-state index < -0.39 is 5.97 Å². The zero-order valence-corrected chi connectivity index (χ0v) is 10.4. The van der Waals surface area contributed by atoms with Crippen molar-refractivity contribution in [3.8, 4) is 0 Å². The molecule has 0 aromatic heterocycles. The van der Waals surface area contributed by atoms with E-state index in [1.54, 1.807) is 0 Å². The Bertz CT molecular complexity index is 229. The minimum absolute atomic E-state index is 0.0133. The maximum absolute atomic E-state index is 11.1. The highest BCUT2D eigenvalue weighted by Crippen LogP contribution is 2.25. The van der Waals surface area contributed by atoms with Gasteiger partial charge >= 0.3 is 5.97 Å². The molecule has 0 spiro atoms. The lowest BCUT2D eigenvalue weighted by molar-refractivity contribution is -0.148. The van der Waals surface area contributed by atoms with Crippen molar-refractivity contribution in [3.05, 3.63) is 0 Å². The number of hydrogen-bond acceptors (Lipinski definition) is 3. The van der Waals surface area contributed by atoms with Gasteiger partial charge in [0.25, 0.3) is 0 Å². The maximum atomic E-state index is 11.1. The Morgan fingerprint density at radius 2 is 1.80 bits per heavy atom. The van der Waals surface area contributed by atoms with Gasteiger partial charge in [0.2, 0.25) is 0 Å². The van der Waals surface area contributed by atoms with E-state index in [4.69, 9.17) is 4.74 Å². The van der Waals surface area contributed by atoms with Crippen LogP contribution in [0, 0.1) is 11.3 Å². The Labute approximate surface area is 92.2 Å². The second-order valence-electron chi connectivity index (χ2n) is 5.30. The van der Waals surface area contributed by atoms with E-state index in [1.807, 2.05) is 0 Å². The third-order valence-electron chi connectivity index (χ3n) is 1.98. The molecule has 0 radical (unpaired) electrons. The molecule has 0 aromatic carbocycles. The predicted molar refractivity (Wildman–Crippen MR) is 59.5 cm³/mol. The first-order chi connectivity index (χ1) is 6.73. The fourth-order valence-electron chi connectivity index (χ4n) is 1.69. The van der Waals surface area contributed by atoms with Crippen molar-refractivity contribution in [1.82, 2.24) is 0 Å². The van der Waals surface area contributed by atoms with E-state index in [0.717, 1.165) is 6.42 Å². The second kappa shape index (κ2) is 5.89. The minimum atomic E-state index is -0.417. The second-order valence-corrected chi connectivity index (χ2v) is 5.30. The van der Waals surface area contributed by atoms with Gasteiger partial charge in [-0.05, 0) is 24.7 Å². The molecular formula is C12H22O3. The van der Waals surface area contributed by atoms with Crippen molar-refractivity contribution in [1.29, 1.82) is 0 Å². The number of esters is 1.